The van der Waals surface area contributed by atoms with Crippen LogP contribution in [0.2, 0.25) is 5.02 Å². The summed E-state index contributed by atoms with van der Waals surface area (Å²) in [6.07, 6.45) is 16.2. The van der Waals surface area contributed by atoms with Crippen molar-refractivity contribution in [2.24, 2.45) is 0 Å². The van der Waals surface area contributed by atoms with Gasteiger partial charge in [-0.1, -0.05) is 54.8 Å². The highest BCUT2D eigenvalue weighted by Gasteiger charge is 2.34. The lowest BCUT2D eigenvalue weighted by molar-refractivity contribution is 0.0711. The molecule has 7 heteroatoms. The molecule has 0 N–H and O–H groups in total. The lowest BCUT2D eigenvalue weighted by Gasteiger charge is -2.34. The van der Waals surface area contributed by atoms with Gasteiger partial charge in [-0.15, -0.1) is 0 Å². The Morgan fingerprint density at radius 2 is 1.89 bits per heavy atom. The Hall–Kier alpha value is -2.70. The van der Waals surface area contributed by atoms with Gasteiger partial charge in [0.1, 0.15) is 0 Å². The van der Waals surface area contributed by atoms with Crippen molar-refractivity contribution >= 4 is 23.5 Å². The SMILES string of the molecule is COC1C=CC=C(N(C(=O)c2cnc(N3CCCCC3)nc2-c2ccccc2Cl)C2CCCC2)C1. The number of allylic oxidation sites excluding steroid dienone is 2. The largest absolute Gasteiger partial charge is 0.377 e. The van der Waals surface area contributed by atoms with E-state index in [-0.39, 0.29) is 18.1 Å². The van der Waals surface area contributed by atoms with Crippen molar-refractivity contribution < 1.29 is 9.53 Å². The van der Waals surface area contributed by atoms with Gasteiger partial charge >= 0.3 is 0 Å². The number of aromatic nitrogens is 2. The number of benzene rings is 1. The number of carbonyl (C=O) groups excluding carboxylic acids is 1. The maximum absolute atomic E-state index is 14.3. The predicted octanol–water partition coefficient (Wildman–Crippen LogP) is 6.03. The highest BCUT2D eigenvalue weighted by atomic mass is 35.5. The maximum atomic E-state index is 14.3. The number of rotatable bonds is 6. The van der Waals surface area contributed by atoms with E-state index in [4.69, 9.17) is 26.3 Å². The summed E-state index contributed by atoms with van der Waals surface area (Å²) in [4.78, 5) is 28.2. The monoisotopic (exact) mass is 492 g/mol. The minimum Gasteiger partial charge on any atom is -0.377 e. The van der Waals surface area contributed by atoms with Gasteiger partial charge in [0.2, 0.25) is 5.95 Å². The fourth-order valence-corrected chi connectivity index (χ4v) is 5.66. The number of hydrogen-bond acceptors (Lipinski definition) is 5. The van der Waals surface area contributed by atoms with Gasteiger partial charge in [-0.05, 0) is 44.2 Å². The van der Waals surface area contributed by atoms with Gasteiger partial charge in [-0.3, -0.25) is 4.79 Å². The first-order chi connectivity index (χ1) is 17.2. The smallest absolute Gasteiger partial charge is 0.262 e. The van der Waals surface area contributed by atoms with Crippen LogP contribution in [0, 0.1) is 0 Å². The summed E-state index contributed by atoms with van der Waals surface area (Å²) < 4.78 is 5.60. The van der Waals surface area contributed by atoms with E-state index in [2.05, 4.69) is 4.90 Å². The Morgan fingerprint density at radius 3 is 2.63 bits per heavy atom. The molecule has 3 aliphatic rings. The van der Waals surface area contributed by atoms with Crippen LogP contribution in [-0.2, 0) is 4.74 Å². The molecule has 1 aliphatic heterocycles. The second-order valence-corrected chi connectivity index (χ2v) is 10.0. The van der Waals surface area contributed by atoms with Crippen molar-refractivity contribution in [3.63, 3.8) is 0 Å². The summed E-state index contributed by atoms with van der Waals surface area (Å²) in [6, 6.07) is 7.78. The number of ether oxygens (including phenoxy) is 1. The van der Waals surface area contributed by atoms with Crippen molar-refractivity contribution in [2.45, 2.75) is 63.5 Å². The molecule has 2 fully saturated rings. The van der Waals surface area contributed by atoms with Crippen molar-refractivity contribution in [2.75, 3.05) is 25.1 Å². The minimum absolute atomic E-state index is 0.0348. The minimum atomic E-state index is -0.0617. The molecule has 0 spiro atoms. The van der Waals surface area contributed by atoms with Crippen LogP contribution < -0.4 is 4.90 Å². The highest BCUT2D eigenvalue weighted by Crippen LogP contribution is 2.35. The summed E-state index contributed by atoms with van der Waals surface area (Å²) >= 11 is 6.63. The molecule has 1 unspecified atom stereocenters. The van der Waals surface area contributed by atoms with Crippen LogP contribution in [0.5, 0.6) is 0 Å². The number of carbonyl (C=O) groups is 1. The molecule has 5 rings (SSSR count). The van der Waals surface area contributed by atoms with E-state index in [0.717, 1.165) is 62.9 Å². The predicted molar refractivity (Wildman–Crippen MR) is 140 cm³/mol. The third-order valence-electron chi connectivity index (χ3n) is 7.32. The van der Waals surface area contributed by atoms with Crippen LogP contribution in [0.4, 0.5) is 5.95 Å². The molecule has 1 atom stereocenters. The molecular formula is C28H33ClN4O2. The molecule has 184 valence electrons. The Labute approximate surface area is 212 Å². The molecule has 1 saturated heterocycles. The lowest BCUT2D eigenvalue weighted by atomic mass is 10.0. The Balaban J connectivity index is 1.58. The average molecular weight is 493 g/mol. The van der Waals surface area contributed by atoms with E-state index >= 15 is 0 Å². The zero-order chi connectivity index (χ0) is 24.2. The van der Waals surface area contributed by atoms with E-state index < -0.39 is 0 Å². The summed E-state index contributed by atoms with van der Waals surface area (Å²) in [5, 5.41) is 0.580. The van der Waals surface area contributed by atoms with Crippen LogP contribution in [0.3, 0.4) is 0 Å². The number of amides is 1. The van der Waals surface area contributed by atoms with Crippen LogP contribution >= 0.6 is 11.6 Å². The first-order valence-corrected chi connectivity index (χ1v) is 13.1. The Morgan fingerprint density at radius 1 is 1.11 bits per heavy atom. The number of hydrogen-bond donors (Lipinski definition) is 0. The summed E-state index contributed by atoms with van der Waals surface area (Å²) in [6.45, 7) is 1.86. The quantitative estimate of drug-likeness (QED) is 0.492. The number of piperidine rings is 1. The lowest BCUT2D eigenvalue weighted by Crippen LogP contribution is -2.40. The van der Waals surface area contributed by atoms with Crippen molar-refractivity contribution in [1.82, 2.24) is 14.9 Å². The summed E-state index contributed by atoms with van der Waals surface area (Å²) in [5.41, 5.74) is 2.85. The maximum Gasteiger partial charge on any atom is 0.262 e. The average Bonchev–Trinajstić information content (AvgIpc) is 3.44. The van der Waals surface area contributed by atoms with Crippen LogP contribution in [-0.4, -0.2) is 53.1 Å². The van der Waals surface area contributed by atoms with Crippen LogP contribution in [0.1, 0.15) is 61.7 Å². The van der Waals surface area contributed by atoms with Gasteiger partial charge in [-0.2, -0.15) is 0 Å². The van der Waals surface area contributed by atoms with Gasteiger partial charge in [-0.25, -0.2) is 9.97 Å². The molecule has 0 bridgehead atoms. The second-order valence-electron chi connectivity index (χ2n) is 9.59. The standard InChI is InChI=1S/C28H33ClN4O2/c1-35-22-13-9-12-21(18-22)33(20-10-3-4-11-20)27(34)24-19-30-28(32-16-7-2-8-17-32)31-26(24)23-14-5-6-15-25(23)29/h5-6,9,12-15,19-20,22H,2-4,7-8,10-11,16-18H2,1H3. The second kappa shape index (κ2) is 10.9. The van der Waals surface area contributed by atoms with Gasteiger partial charge < -0.3 is 14.5 Å². The molecule has 2 heterocycles. The number of nitrogens with zero attached hydrogens (tertiary/aromatic N) is 4. The van der Waals surface area contributed by atoms with Crippen molar-refractivity contribution in [1.29, 1.82) is 0 Å². The molecule has 6 nitrogen and oxygen atoms in total. The molecule has 1 saturated carbocycles. The molecule has 2 aromatic rings. The number of methoxy groups -OCH3 is 1. The van der Waals surface area contributed by atoms with E-state index in [9.17, 15) is 4.79 Å². The van der Waals surface area contributed by atoms with Crippen molar-refractivity contribution in [3.05, 3.63) is 65.0 Å². The third-order valence-corrected chi connectivity index (χ3v) is 7.65. The first-order valence-electron chi connectivity index (χ1n) is 12.8. The molecule has 1 amide bonds. The van der Waals surface area contributed by atoms with E-state index in [1.807, 2.05) is 47.4 Å². The zero-order valence-electron chi connectivity index (χ0n) is 20.3. The van der Waals surface area contributed by atoms with E-state index in [1.165, 1.54) is 6.42 Å². The fraction of sp³-hybridized carbons (Fsp3) is 0.464. The van der Waals surface area contributed by atoms with Gasteiger partial charge in [0.15, 0.2) is 0 Å². The third kappa shape index (κ3) is 5.14. The molecule has 1 aromatic carbocycles. The van der Waals surface area contributed by atoms with E-state index in [0.29, 0.717) is 28.6 Å². The molecule has 1 aromatic heterocycles. The zero-order valence-corrected chi connectivity index (χ0v) is 21.1. The van der Waals surface area contributed by atoms with Gasteiger partial charge in [0, 0.05) is 55.1 Å². The first kappa shape index (κ1) is 24.0. The Bertz CT molecular complexity index is 1120. The summed E-state index contributed by atoms with van der Waals surface area (Å²) in [5.74, 6) is 0.608. The molecule has 2 aliphatic carbocycles. The van der Waals surface area contributed by atoms with Crippen LogP contribution in [0.15, 0.2) is 54.4 Å². The Kier molecular flexibility index (Phi) is 7.49. The van der Waals surface area contributed by atoms with E-state index in [1.54, 1.807) is 13.3 Å². The molecule has 35 heavy (non-hydrogen) atoms. The molecular weight excluding hydrogens is 460 g/mol. The molecule has 0 radical (unpaired) electrons. The number of anilines is 1. The topological polar surface area (TPSA) is 58.6 Å². The number of halogens is 1. The summed E-state index contributed by atoms with van der Waals surface area (Å²) in [7, 11) is 1.71. The van der Waals surface area contributed by atoms with Gasteiger partial charge in [0.05, 0.1) is 17.4 Å². The normalized spacial score (nSPS) is 20.7. The fourth-order valence-electron chi connectivity index (χ4n) is 5.43. The van der Waals surface area contributed by atoms with Crippen molar-refractivity contribution in [3.8, 4) is 11.3 Å². The van der Waals surface area contributed by atoms with Gasteiger partial charge in [0.25, 0.3) is 5.91 Å². The highest BCUT2D eigenvalue weighted by molar-refractivity contribution is 6.33. The van der Waals surface area contributed by atoms with Crippen LogP contribution in [0.25, 0.3) is 11.3 Å².